The molecule has 0 bridgehead atoms. The van der Waals surface area contributed by atoms with E-state index >= 15 is 0 Å². The summed E-state index contributed by atoms with van der Waals surface area (Å²) < 4.78 is 6.11. The van der Waals surface area contributed by atoms with Crippen LogP contribution in [0.15, 0.2) is 67.0 Å². The van der Waals surface area contributed by atoms with E-state index in [0.717, 1.165) is 36.5 Å². The lowest BCUT2D eigenvalue weighted by molar-refractivity contribution is -0.123. The number of carbonyl (C=O) groups excluding carboxylic acids is 1. The van der Waals surface area contributed by atoms with Crippen LogP contribution in [-0.4, -0.2) is 28.8 Å². The Morgan fingerprint density at radius 2 is 1.90 bits per heavy atom. The second-order valence-electron chi connectivity index (χ2n) is 7.24. The molecule has 3 heterocycles. The Morgan fingerprint density at radius 1 is 1.07 bits per heavy atom. The van der Waals surface area contributed by atoms with Crippen LogP contribution in [0.1, 0.15) is 25.3 Å². The molecule has 1 fully saturated rings. The van der Waals surface area contributed by atoms with Gasteiger partial charge in [-0.15, -0.1) is 0 Å². The third kappa shape index (κ3) is 4.12. The van der Waals surface area contributed by atoms with Crippen LogP contribution in [0.4, 0.5) is 11.5 Å². The second-order valence-corrected chi connectivity index (χ2v) is 7.24. The lowest BCUT2D eigenvalue weighted by Gasteiger charge is -2.36. The van der Waals surface area contributed by atoms with Crippen molar-refractivity contribution in [3.8, 4) is 11.6 Å². The number of nitrogens with one attached hydrogen (secondary N) is 2. The van der Waals surface area contributed by atoms with Crippen LogP contribution >= 0.6 is 0 Å². The molecule has 0 saturated carbocycles. The van der Waals surface area contributed by atoms with Gasteiger partial charge in [0.05, 0.1) is 5.41 Å². The van der Waals surface area contributed by atoms with E-state index in [2.05, 4.69) is 20.6 Å². The van der Waals surface area contributed by atoms with Crippen LogP contribution in [-0.2, 0) is 10.2 Å². The highest BCUT2D eigenvalue weighted by Gasteiger charge is 2.41. The monoisotopic (exact) mass is 388 g/mol. The van der Waals surface area contributed by atoms with Crippen molar-refractivity contribution in [2.45, 2.75) is 25.2 Å². The Labute approximate surface area is 170 Å². The minimum atomic E-state index is -0.595. The third-order valence-electron chi connectivity index (χ3n) is 5.35. The van der Waals surface area contributed by atoms with Crippen LogP contribution in [0.2, 0.25) is 0 Å². The van der Waals surface area contributed by atoms with E-state index in [1.807, 2.05) is 54.6 Å². The molecule has 0 unspecified atom stereocenters. The van der Waals surface area contributed by atoms with Crippen molar-refractivity contribution in [1.82, 2.24) is 15.3 Å². The van der Waals surface area contributed by atoms with Crippen LogP contribution in [0.25, 0.3) is 0 Å². The summed E-state index contributed by atoms with van der Waals surface area (Å²) in [6, 6.07) is 17.1. The van der Waals surface area contributed by atoms with Gasteiger partial charge in [-0.3, -0.25) is 4.79 Å². The lowest BCUT2D eigenvalue weighted by Crippen LogP contribution is -2.48. The van der Waals surface area contributed by atoms with Crippen LogP contribution < -0.4 is 15.4 Å². The zero-order valence-electron chi connectivity index (χ0n) is 16.4. The molecule has 1 saturated heterocycles. The highest BCUT2D eigenvalue weighted by molar-refractivity contribution is 5.89. The fraction of sp³-hybridized carbons (Fsp3) is 0.261. The molecular formula is C23H24N4O2. The molecule has 1 aliphatic rings. The van der Waals surface area contributed by atoms with E-state index in [1.54, 1.807) is 19.3 Å². The van der Waals surface area contributed by atoms with Crippen molar-refractivity contribution in [2.75, 3.05) is 18.4 Å². The van der Waals surface area contributed by atoms with Crippen LogP contribution in [0.5, 0.6) is 11.6 Å². The third-order valence-corrected chi connectivity index (χ3v) is 5.35. The average molecular weight is 388 g/mol. The van der Waals surface area contributed by atoms with Gasteiger partial charge >= 0.3 is 0 Å². The number of nitrogens with zero attached hydrogens (tertiary/aromatic N) is 2. The number of hydrogen-bond acceptors (Lipinski definition) is 6. The predicted octanol–water partition coefficient (Wildman–Crippen LogP) is 4.22. The van der Waals surface area contributed by atoms with Crippen molar-refractivity contribution in [1.29, 1.82) is 0 Å². The molecular weight excluding hydrogens is 364 g/mol. The zero-order valence-corrected chi connectivity index (χ0v) is 16.4. The highest BCUT2D eigenvalue weighted by Crippen LogP contribution is 2.38. The van der Waals surface area contributed by atoms with Gasteiger partial charge in [0.1, 0.15) is 17.4 Å². The maximum absolute atomic E-state index is 12.6. The first-order chi connectivity index (χ1) is 14.2. The van der Waals surface area contributed by atoms with Gasteiger partial charge in [0.25, 0.3) is 0 Å². The summed E-state index contributed by atoms with van der Waals surface area (Å²) in [6.45, 7) is 3.19. The van der Waals surface area contributed by atoms with Crippen molar-refractivity contribution in [3.05, 3.63) is 72.6 Å². The highest BCUT2D eigenvalue weighted by atomic mass is 16.5. The Hall–Kier alpha value is -3.25. The number of rotatable bonds is 6. The number of Topliss-reactive ketones (excluding diaryl/α,β-unsaturated/α-hetero) is 1. The van der Waals surface area contributed by atoms with E-state index in [4.69, 9.17) is 4.74 Å². The number of benzene rings is 1. The summed E-state index contributed by atoms with van der Waals surface area (Å²) in [5.74, 6) is 2.06. The topological polar surface area (TPSA) is 76.1 Å². The summed E-state index contributed by atoms with van der Waals surface area (Å²) in [6.07, 6.45) is 5.18. The fourth-order valence-corrected chi connectivity index (χ4v) is 3.76. The van der Waals surface area contributed by atoms with Crippen molar-refractivity contribution < 1.29 is 9.53 Å². The number of ketones is 1. The number of aromatic nitrogens is 2. The maximum Gasteiger partial charge on any atom is 0.223 e. The van der Waals surface area contributed by atoms with Gasteiger partial charge in [-0.05, 0) is 68.8 Å². The molecule has 29 heavy (non-hydrogen) atoms. The van der Waals surface area contributed by atoms with E-state index in [-0.39, 0.29) is 5.78 Å². The van der Waals surface area contributed by atoms with Gasteiger partial charge in [0.15, 0.2) is 0 Å². The number of anilines is 2. The van der Waals surface area contributed by atoms with Gasteiger partial charge in [-0.25, -0.2) is 9.97 Å². The molecule has 6 nitrogen and oxygen atoms in total. The molecule has 4 rings (SSSR count). The number of carbonyl (C=O) groups is 1. The van der Waals surface area contributed by atoms with Gasteiger partial charge in [0.2, 0.25) is 5.88 Å². The normalized spacial score (nSPS) is 18.8. The van der Waals surface area contributed by atoms with E-state index in [9.17, 15) is 4.79 Å². The van der Waals surface area contributed by atoms with E-state index in [1.165, 1.54) is 0 Å². The zero-order chi connectivity index (χ0) is 20.1. The molecule has 2 aromatic heterocycles. The van der Waals surface area contributed by atoms with Crippen LogP contribution in [0, 0.1) is 0 Å². The molecule has 1 atom stereocenters. The second kappa shape index (κ2) is 8.41. The first kappa shape index (κ1) is 19.1. The van der Waals surface area contributed by atoms with E-state index < -0.39 is 5.41 Å². The minimum Gasteiger partial charge on any atom is -0.439 e. The van der Waals surface area contributed by atoms with Gasteiger partial charge in [-0.2, -0.15) is 0 Å². The summed E-state index contributed by atoms with van der Waals surface area (Å²) in [4.78, 5) is 21.3. The minimum absolute atomic E-state index is 0.137. The summed E-state index contributed by atoms with van der Waals surface area (Å²) in [5.41, 5.74) is 1.16. The number of ether oxygens (including phenoxy) is 1. The molecule has 2 N–H and O–H groups in total. The van der Waals surface area contributed by atoms with E-state index in [0.29, 0.717) is 18.2 Å². The largest absolute Gasteiger partial charge is 0.439 e. The maximum atomic E-state index is 12.6. The van der Waals surface area contributed by atoms with Gasteiger partial charge in [-0.1, -0.05) is 12.1 Å². The molecule has 148 valence electrons. The molecule has 1 aromatic carbocycles. The Morgan fingerprint density at radius 3 is 2.59 bits per heavy atom. The standard InChI is InChI=1S/C23H24N4O2/c1-17(28)23(12-5-13-24-16-23)20-6-4-15-26-22(20)29-19-10-8-18(9-11-19)27-21-7-2-3-14-25-21/h2-4,6-11,14-15,24H,5,12-13,16H2,1H3,(H,25,27)/t23-/m1/s1. The average Bonchev–Trinajstić information content (AvgIpc) is 2.77. The smallest absolute Gasteiger partial charge is 0.223 e. The number of piperidine rings is 1. The summed E-state index contributed by atoms with van der Waals surface area (Å²) >= 11 is 0. The molecule has 1 aliphatic heterocycles. The van der Waals surface area contributed by atoms with Crippen molar-refractivity contribution in [2.24, 2.45) is 0 Å². The SMILES string of the molecule is CC(=O)[C@@]1(c2cccnc2Oc2ccc(Nc3ccccn3)cc2)CCCNC1. The van der Waals surface area contributed by atoms with Gasteiger partial charge in [0, 0.05) is 30.2 Å². The predicted molar refractivity (Wildman–Crippen MR) is 113 cm³/mol. The molecule has 0 aliphatic carbocycles. The van der Waals surface area contributed by atoms with Crippen molar-refractivity contribution in [3.63, 3.8) is 0 Å². The molecule has 3 aromatic rings. The molecule has 6 heteroatoms. The lowest BCUT2D eigenvalue weighted by atomic mass is 9.72. The summed E-state index contributed by atoms with van der Waals surface area (Å²) in [5, 5.41) is 6.60. The Balaban J connectivity index is 1.56. The first-order valence-electron chi connectivity index (χ1n) is 9.81. The first-order valence-corrected chi connectivity index (χ1v) is 9.81. The molecule has 0 radical (unpaired) electrons. The number of hydrogen-bond donors (Lipinski definition) is 2. The number of pyridine rings is 2. The van der Waals surface area contributed by atoms with Crippen molar-refractivity contribution >= 4 is 17.3 Å². The molecule has 0 spiro atoms. The van der Waals surface area contributed by atoms with Crippen LogP contribution in [0.3, 0.4) is 0 Å². The Bertz CT molecular complexity index is 968. The fourth-order valence-electron chi connectivity index (χ4n) is 3.76. The quantitative estimate of drug-likeness (QED) is 0.658. The summed E-state index contributed by atoms with van der Waals surface area (Å²) in [7, 11) is 0. The Kier molecular flexibility index (Phi) is 5.53. The van der Waals surface area contributed by atoms with Gasteiger partial charge < -0.3 is 15.4 Å². The molecule has 0 amide bonds.